The van der Waals surface area contributed by atoms with Crippen molar-refractivity contribution in [2.75, 3.05) is 19.6 Å². The second-order valence-electron chi connectivity index (χ2n) is 3.29. The van der Waals surface area contributed by atoms with Crippen molar-refractivity contribution in [3.63, 3.8) is 0 Å². The Morgan fingerprint density at radius 2 is 2.08 bits per heavy atom. The fourth-order valence-electron chi connectivity index (χ4n) is 1.61. The van der Waals surface area contributed by atoms with E-state index in [1.54, 1.807) is 0 Å². The SMILES string of the molecule is O=CCN1CCCC(C=O)CC1. The molecule has 0 aliphatic carbocycles. The zero-order chi connectivity index (χ0) is 8.81. The Morgan fingerprint density at radius 1 is 1.25 bits per heavy atom. The molecule has 0 aromatic rings. The zero-order valence-corrected chi connectivity index (χ0v) is 7.24. The summed E-state index contributed by atoms with van der Waals surface area (Å²) < 4.78 is 0. The van der Waals surface area contributed by atoms with Crippen molar-refractivity contribution in [1.82, 2.24) is 4.90 Å². The minimum atomic E-state index is 0.224. The van der Waals surface area contributed by atoms with E-state index in [2.05, 4.69) is 4.90 Å². The van der Waals surface area contributed by atoms with Gasteiger partial charge in [0.05, 0.1) is 6.54 Å². The third-order valence-electron chi connectivity index (χ3n) is 2.39. The van der Waals surface area contributed by atoms with Gasteiger partial charge in [-0.05, 0) is 32.4 Å². The summed E-state index contributed by atoms with van der Waals surface area (Å²) in [7, 11) is 0. The highest BCUT2D eigenvalue weighted by atomic mass is 16.1. The molecule has 1 aliphatic rings. The first-order valence-electron chi connectivity index (χ1n) is 4.48. The van der Waals surface area contributed by atoms with Crippen molar-refractivity contribution in [3.8, 4) is 0 Å². The molecule has 1 fully saturated rings. The Balaban J connectivity index is 2.33. The number of nitrogens with zero attached hydrogens (tertiary/aromatic N) is 1. The molecule has 0 bridgehead atoms. The second-order valence-corrected chi connectivity index (χ2v) is 3.29. The Labute approximate surface area is 72.7 Å². The van der Waals surface area contributed by atoms with E-state index >= 15 is 0 Å². The molecule has 1 rings (SSSR count). The topological polar surface area (TPSA) is 37.4 Å². The normalized spacial score (nSPS) is 26.2. The van der Waals surface area contributed by atoms with Crippen LogP contribution in [0.2, 0.25) is 0 Å². The minimum absolute atomic E-state index is 0.224. The fraction of sp³-hybridized carbons (Fsp3) is 0.778. The van der Waals surface area contributed by atoms with Crippen molar-refractivity contribution in [1.29, 1.82) is 0 Å². The van der Waals surface area contributed by atoms with Gasteiger partial charge in [-0.1, -0.05) is 0 Å². The summed E-state index contributed by atoms with van der Waals surface area (Å²) in [6.07, 6.45) is 4.92. The van der Waals surface area contributed by atoms with Crippen LogP contribution in [0.25, 0.3) is 0 Å². The van der Waals surface area contributed by atoms with Crippen LogP contribution >= 0.6 is 0 Å². The highest BCUT2D eigenvalue weighted by molar-refractivity contribution is 5.54. The molecule has 0 radical (unpaired) electrons. The summed E-state index contributed by atoms with van der Waals surface area (Å²) in [4.78, 5) is 22.8. The van der Waals surface area contributed by atoms with Crippen molar-refractivity contribution in [2.24, 2.45) is 5.92 Å². The molecule has 12 heavy (non-hydrogen) atoms. The Morgan fingerprint density at radius 3 is 2.75 bits per heavy atom. The number of carbonyl (C=O) groups is 2. The van der Waals surface area contributed by atoms with Gasteiger partial charge in [0, 0.05) is 5.92 Å². The molecule has 3 nitrogen and oxygen atoms in total. The maximum absolute atomic E-state index is 10.5. The smallest absolute Gasteiger partial charge is 0.133 e. The molecule has 1 heterocycles. The largest absolute Gasteiger partial charge is 0.303 e. The molecule has 1 atom stereocenters. The Kier molecular flexibility index (Phi) is 3.94. The van der Waals surface area contributed by atoms with Gasteiger partial charge in [0.2, 0.25) is 0 Å². The van der Waals surface area contributed by atoms with E-state index in [1.165, 1.54) is 0 Å². The van der Waals surface area contributed by atoms with Crippen molar-refractivity contribution >= 4 is 12.6 Å². The van der Waals surface area contributed by atoms with Crippen LogP contribution in [0, 0.1) is 5.92 Å². The van der Waals surface area contributed by atoms with Crippen molar-refractivity contribution in [3.05, 3.63) is 0 Å². The van der Waals surface area contributed by atoms with Crippen LogP contribution in [0.1, 0.15) is 19.3 Å². The fourth-order valence-corrected chi connectivity index (χ4v) is 1.61. The van der Waals surface area contributed by atoms with Gasteiger partial charge in [-0.2, -0.15) is 0 Å². The standard InChI is InChI=1S/C9H15NO2/c11-7-6-10-4-1-2-9(8-12)3-5-10/h7-9H,1-6H2. The highest BCUT2D eigenvalue weighted by Crippen LogP contribution is 2.14. The molecule has 0 aromatic carbocycles. The van der Waals surface area contributed by atoms with Gasteiger partial charge >= 0.3 is 0 Å². The van der Waals surface area contributed by atoms with E-state index in [0.29, 0.717) is 6.54 Å². The summed E-state index contributed by atoms with van der Waals surface area (Å²) in [5, 5.41) is 0. The van der Waals surface area contributed by atoms with Gasteiger partial charge in [0.1, 0.15) is 12.6 Å². The first kappa shape index (κ1) is 9.39. The average molecular weight is 169 g/mol. The number of hydrogen-bond donors (Lipinski definition) is 0. The molecule has 0 saturated carbocycles. The molecule has 0 amide bonds. The quantitative estimate of drug-likeness (QED) is 0.577. The lowest BCUT2D eigenvalue weighted by Crippen LogP contribution is -2.26. The predicted molar refractivity (Wildman–Crippen MR) is 45.9 cm³/mol. The average Bonchev–Trinajstić information content (AvgIpc) is 2.31. The monoisotopic (exact) mass is 169 g/mol. The molecular weight excluding hydrogens is 154 g/mol. The molecule has 68 valence electrons. The van der Waals surface area contributed by atoms with Gasteiger partial charge in [0.25, 0.3) is 0 Å². The van der Waals surface area contributed by atoms with E-state index in [4.69, 9.17) is 0 Å². The van der Waals surface area contributed by atoms with E-state index in [-0.39, 0.29) is 5.92 Å². The molecule has 3 heteroatoms. The number of rotatable bonds is 3. The van der Waals surface area contributed by atoms with Gasteiger partial charge in [-0.25, -0.2) is 0 Å². The Bertz CT molecular complexity index is 159. The number of carbonyl (C=O) groups excluding carboxylic acids is 2. The summed E-state index contributed by atoms with van der Waals surface area (Å²) >= 11 is 0. The number of aldehydes is 2. The van der Waals surface area contributed by atoms with Gasteiger partial charge in [0.15, 0.2) is 0 Å². The van der Waals surface area contributed by atoms with Crippen LogP contribution < -0.4 is 0 Å². The highest BCUT2D eigenvalue weighted by Gasteiger charge is 2.15. The first-order chi connectivity index (χ1) is 5.86. The first-order valence-corrected chi connectivity index (χ1v) is 4.48. The van der Waals surface area contributed by atoms with Crippen molar-refractivity contribution < 1.29 is 9.59 Å². The maximum Gasteiger partial charge on any atom is 0.133 e. The van der Waals surface area contributed by atoms with E-state index in [0.717, 1.165) is 44.9 Å². The van der Waals surface area contributed by atoms with Crippen LogP contribution in [0.5, 0.6) is 0 Å². The number of hydrogen-bond acceptors (Lipinski definition) is 3. The minimum Gasteiger partial charge on any atom is -0.303 e. The van der Waals surface area contributed by atoms with Crippen LogP contribution in [0.3, 0.4) is 0 Å². The summed E-state index contributed by atoms with van der Waals surface area (Å²) in [5.74, 6) is 0.224. The lowest BCUT2D eigenvalue weighted by molar-refractivity contribution is -0.111. The molecule has 0 N–H and O–H groups in total. The van der Waals surface area contributed by atoms with Crippen molar-refractivity contribution in [2.45, 2.75) is 19.3 Å². The lowest BCUT2D eigenvalue weighted by Gasteiger charge is -2.15. The summed E-state index contributed by atoms with van der Waals surface area (Å²) in [6, 6.07) is 0. The second kappa shape index (κ2) is 5.04. The van der Waals surface area contributed by atoms with Gasteiger partial charge in [-0.3, -0.25) is 4.90 Å². The van der Waals surface area contributed by atoms with Gasteiger partial charge < -0.3 is 9.59 Å². The van der Waals surface area contributed by atoms with E-state index < -0.39 is 0 Å². The molecule has 0 spiro atoms. The van der Waals surface area contributed by atoms with E-state index in [9.17, 15) is 9.59 Å². The summed E-state index contributed by atoms with van der Waals surface area (Å²) in [6.45, 7) is 2.37. The van der Waals surface area contributed by atoms with E-state index in [1.807, 2.05) is 0 Å². The third-order valence-corrected chi connectivity index (χ3v) is 2.39. The predicted octanol–water partition coefficient (Wildman–Crippen LogP) is 0.486. The zero-order valence-electron chi connectivity index (χ0n) is 7.24. The van der Waals surface area contributed by atoms with Crippen LogP contribution in [0.4, 0.5) is 0 Å². The molecular formula is C9H15NO2. The molecule has 0 aromatic heterocycles. The lowest BCUT2D eigenvalue weighted by atomic mass is 10.0. The van der Waals surface area contributed by atoms with Crippen LogP contribution in [-0.2, 0) is 9.59 Å². The molecule has 1 saturated heterocycles. The van der Waals surface area contributed by atoms with Crippen LogP contribution in [-0.4, -0.2) is 37.1 Å². The number of likely N-dealkylation sites (tertiary alicyclic amines) is 1. The maximum atomic E-state index is 10.5. The third kappa shape index (κ3) is 2.74. The van der Waals surface area contributed by atoms with Crippen LogP contribution in [0.15, 0.2) is 0 Å². The summed E-state index contributed by atoms with van der Waals surface area (Å²) in [5.41, 5.74) is 0. The Hall–Kier alpha value is -0.700. The molecule has 1 aliphatic heterocycles. The molecule has 1 unspecified atom stereocenters. The van der Waals surface area contributed by atoms with Gasteiger partial charge in [-0.15, -0.1) is 0 Å².